The van der Waals surface area contributed by atoms with Crippen molar-refractivity contribution in [3.63, 3.8) is 0 Å². The number of phenolic OH excluding ortho intramolecular Hbond substituents is 1. The van der Waals surface area contributed by atoms with Crippen LogP contribution in [0.15, 0.2) is 49.1 Å². The second kappa shape index (κ2) is 7.27. The van der Waals surface area contributed by atoms with E-state index >= 15 is 4.39 Å². The van der Waals surface area contributed by atoms with Gasteiger partial charge in [-0.3, -0.25) is 4.90 Å². The standard InChI is InChI=1S/C24H29FN6O/c1-23-9-10-24(2,29(3)14-23)21(25)22(23)30(4)20-8-7-18(27-28-20)17-6-5-16(13-19(17)32)31-12-11-26-15-31/h5-8,11-13,15,21-22,32H,9-10,14H2,1-4H3/t21-,22-,23-,24-/m0/s1. The first-order valence-electron chi connectivity index (χ1n) is 11.0. The molecule has 8 heteroatoms. The molecule has 1 aromatic carbocycles. The summed E-state index contributed by atoms with van der Waals surface area (Å²) in [6, 6.07) is 8.80. The number of anilines is 1. The second-order valence-electron chi connectivity index (χ2n) is 9.77. The molecule has 0 spiro atoms. The third-order valence-corrected chi connectivity index (χ3v) is 7.75. The zero-order chi connectivity index (χ0) is 22.7. The van der Waals surface area contributed by atoms with Gasteiger partial charge in [0.25, 0.3) is 0 Å². The highest BCUT2D eigenvalue weighted by Gasteiger charge is 2.61. The number of piperidine rings is 2. The molecule has 4 heterocycles. The molecule has 6 rings (SSSR count). The summed E-state index contributed by atoms with van der Waals surface area (Å²) in [6.45, 7) is 5.07. The van der Waals surface area contributed by atoms with Crippen LogP contribution in [0.25, 0.3) is 16.9 Å². The molecule has 0 radical (unpaired) electrons. The Morgan fingerprint density at radius 2 is 1.97 bits per heavy atom. The molecule has 1 saturated carbocycles. The van der Waals surface area contributed by atoms with Crippen molar-refractivity contribution in [1.29, 1.82) is 0 Å². The van der Waals surface area contributed by atoms with Gasteiger partial charge >= 0.3 is 0 Å². The van der Waals surface area contributed by atoms with Crippen molar-refractivity contribution in [2.24, 2.45) is 5.41 Å². The molecule has 2 aromatic heterocycles. The first-order chi connectivity index (χ1) is 15.2. The summed E-state index contributed by atoms with van der Waals surface area (Å²) in [5.41, 5.74) is 1.37. The molecule has 0 amide bonds. The third kappa shape index (κ3) is 3.08. The number of halogens is 1. The lowest BCUT2D eigenvalue weighted by atomic mass is 9.59. The van der Waals surface area contributed by atoms with Crippen LogP contribution < -0.4 is 4.90 Å². The van der Waals surface area contributed by atoms with Gasteiger partial charge in [0.2, 0.25) is 0 Å². The van der Waals surface area contributed by atoms with Crippen LogP contribution >= 0.6 is 0 Å². The van der Waals surface area contributed by atoms with Gasteiger partial charge in [0.1, 0.15) is 11.9 Å². The van der Waals surface area contributed by atoms with Crippen LogP contribution in [-0.4, -0.2) is 68.1 Å². The molecule has 32 heavy (non-hydrogen) atoms. The number of fused-ring (bicyclic) bond motifs is 3. The van der Waals surface area contributed by atoms with E-state index in [-0.39, 0.29) is 17.2 Å². The number of aromatic hydroxyl groups is 1. The lowest BCUT2D eigenvalue weighted by molar-refractivity contribution is -0.123. The van der Waals surface area contributed by atoms with E-state index in [4.69, 9.17) is 0 Å². The summed E-state index contributed by atoms with van der Waals surface area (Å²) in [5, 5.41) is 19.3. The fourth-order valence-corrected chi connectivity index (χ4v) is 5.59. The highest BCUT2D eigenvalue weighted by atomic mass is 19.1. The van der Waals surface area contributed by atoms with Gasteiger partial charge in [0.15, 0.2) is 5.82 Å². The Hall–Kier alpha value is -3.00. The quantitative estimate of drug-likeness (QED) is 0.673. The van der Waals surface area contributed by atoms with Gasteiger partial charge in [-0.15, -0.1) is 10.2 Å². The third-order valence-electron chi connectivity index (χ3n) is 7.75. The number of benzene rings is 1. The number of aromatic nitrogens is 4. The molecule has 1 aliphatic carbocycles. The maximum absolute atomic E-state index is 15.7. The second-order valence-corrected chi connectivity index (χ2v) is 9.77. The molecule has 1 N–H and O–H groups in total. The normalized spacial score (nSPS) is 29.9. The Morgan fingerprint density at radius 1 is 1.16 bits per heavy atom. The number of phenols is 1. The predicted molar refractivity (Wildman–Crippen MR) is 122 cm³/mol. The summed E-state index contributed by atoms with van der Waals surface area (Å²) in [6.07, 6.45) is 6.05. The number of rotatable bonds is 4. The SMILES string of the molecule is CN(c1ccc(-c2ccc(-n3ccnc3)cc2O)nn1)[C@H]1[C@H](F)[C@]2(C)CC[C@@]1(C)CN2C. The number of hydrogen-bond donors (Lipinski definition) is 1. The minimum atomic E-state index is -0.980. The van der Waals surface area contributed by atoms with Crippen LogP contribution in [0.4, 0.5) is 10.2 Å². The van der Waals surface area contributed by atoms with E-state index in [1.807, 2.05) is 60.9 Å². The monoisotopic (exact) mass is 436 g/mol. The van der Waals surface area contributed by atoms with E-state index in [2.05, 4.69) is 27.0 Å². The molecule has 3 aromatic rings. The Labute approximate surface area is 187 Å². The lowest BCUT2D eigenvalue weighted by Crippen LogP contribution is -2.74. The maximum atomic E-state index is 15.7. The topological polar surface area (TPSA) is 70.3 Å². The molecule has 2 saturated heterocycles. The summed E-state index contributed by atoms with van der Waals surface area (Å²) >= 11 is 0. The van der Waals surface area contributed by atoms with Crippen LogP contribution in [0.3, 0.4) is 0 Å². The summed E-state index contributed by atoms with van der Waals surface area (Å²) in [4.78, 5) is 8.16. The van der Waals surface area contributed by atoms with Crippen LogP contribution in [-0.2, 0) is 0 Å². The molecule has 0 unspecified atom stereocenters. The van der Waals surface area contributed by atoms with E-state index in [9.17, 15) is 5.11 Å². The number of imidazole rings is 1. The molecule has 2 aliphatic heterocycles. The van der Waals surface area contributed by atoms with Crippen molar-refractivity contribution in [3.8, 4) is 22.7 Å². The molecule has 4 atom stereocenters. The first kappa shape index (κ1) is 20.9. The van der Waals surface area contributed by atoms with Gasteiger partial charge in [0, 0.05) is 43.0 Å². The summed E-state index contributed by atoms with van der Waals surface area (Å²) in [7, 11) is 3.94. The molecule has 3 fully saturated rings. The smallest absolute Gasteiger partial charge is 0.151 e. The molecule has 7 nitrogen and oxygen atoms in total. The van der Waals surface area contributed by atoms with Gasteiger partial charge in [0.05, 0.1) is 29.3 Å². The zero-order valence-corrected chi connectivity index (χ0v) is 18.9. The molecular formula is C24H29FN6O. The van der Waals surface area contributed by atoms with Crippen molar-refractivity contribution in [2.45, 2.75) is 44.4 Å². The summed E-state index contributed by atoms with van der Waals surface area (Å²) < 4.78 is 17.6. The van der Waals surface area contributed by atoms with Crippen molar-refractivity contribution in [3.05, 3.63) is 49.1 Å². The van der Waals surface area contributed by atoms with E-state index < -0.39 is 11.7 Å². The Bertz CT molecular complexity index is 1120. The summed E-state index contributed by atoms with van der Waals surface area (Å²) in [5.74, 6) is 0.749. The minimum absolute atomic E-state index is 0.114. The maximum Gasteiger partial charge on any atom is 0.151 e. The average molecular weight is 437 g/mol. The first-order valence-corrected chi connectivity index (χ1v) is 11.0. The van der Waals surface area contributed by atoms with Crippen LogP contribution in [0.1, 0.15) is 26.7 Å². The number of hydrogen-bond acceptors (Lipinski definition) is 6. The van der Waals surface area contributed by atoms with Crippen LogP contribution in [0, 0.1) is 5.41 Å². The van der Waals surface area contributed by atoms with Crippen molar-refractivity contribution in [1.82, 2.24) is 24.6 Å². The highest BCUT2D eigenvalue weighted by molar-refractivity contribution is 5.69. The Balaban J connectivity index is 1.41. The predicted octanol–water partition coefficient (Wildman–Crippen LogP) is 3.68. The van der Waals surface area contributed by atoms with Gasteiger partial charge in [-0.25, -0.2) is 9.37 Å². The Morgan fingerprint density at radius 3 is 2.59 bits per heavy atom. The average Bonchev–Trinajstić information content (AvgIpc) is 3.31. The molecular weight excluding hydrogens is 407 g/mol. The lowest BCUT2D eigenvalue weighted by Gasteiger charge is -2.63. The molecule has 3 aliphatic rings. The van der Waals surface area contributed by atoms with Gasteiger partial charge in [-0.2, -0.15) is 0 Å². The van der Waals surface area contributed by atoms with Gasteiger partial charge in [-0.05, 0) is 51.1 Å². The highest BCUT2D eigenvalue weighted by Crippen LogP contribution is 2.52. The van der Waals surface area contributed by atoms with Gasteiger partial charge < -0.3 is 14.6 Å². The van der Waals surface area contributed by atoms with Crippen LogP contribution in [0.2, 0.25) is 0 Å². The van der Waals surface area contributed by atoms with Crippen LogP contribution in [0.5, 0.6) is 5.75 Å². The van der Waals surface area contributed by atoms with Gasteiger partial charge in [-0.1, -0.05) is 6.92 Å². The van der Waals surface area contributed by atoms with E-state index in [1.165, 1.54) is 0 Å². The fourth-order valence-electron chi connectivity index (χ4n) is 5.59. The van der Waals surface area contributed by atoms with E-state index in [0.717, 1.165) is 25.1 Å². The fraction of sp³-hybridized carbons (Fsp3) is 0.458. The molecule has 168 valence electrons. The largest absolute Gasteiger partial charge is 0.507 e. The zero-order valence-electron chi connectivity index (χ0n) is 18.9. The molecule has 2 bridgehead atoms. The van der Waals surface area contributed by atoms with Crippen molar-refractivity contribution >= 4 is 5.82 Å². The van der Waals surface area contributed by atoms with Crippen molar-refractivity contribution in [2.75, 3.05) is 25.5 Å². The Kier molecular flexibility index (Phi) is 4.74. The van der Waals surface area contributed by atoms with E-state index in [1.54, 1.807) is 18.6 Å². The number of nitrogens with zero attached hydrogens (tertiary/aromatic N) is 6. The van der Waals surface area contributed by atoms with Crippen molar-refractivity contribution < 1.29 is 9.50 Å². The minimum Gasteiger partial charge on any atom is -0.507 e. The number of alkyl halides is 1. The van der Waals surface area contributed by atoms with E-state index in [0.29, 0.717) is 17.1 Å².